The van der Waals surface area contributed by atoms with Gasteiger partial charge in [0, 0.05) is 13.0 Å². The zero-order valence-electron chi connectivity index (χ0n) is 11.2. The van der Waals surface area contributed by atoms with E-state index in [4.69, 9.17) is 15.0 Å². The highest BCUT2D eigenvalue weighted by atomic mass is 16.5. The molecule has 0 saturated heterocycles. The van der Waals surface area contributed by atoms with Crippen molar-refractivity contribution < 1.29 is 14.4 Å². The van der Waals surface area contributed by atoms with E-state index in [1.807, 2.05) is 24.3 Å². The van der Waals surface area contributed by atoms with Crippen LogP contribution in [0.25, 0.3) is 0 Å². The molecule has 106 valence electrons. The highest BCUT2D eigenvalue weighted by molar-refractivity contribution is 5.37. The van der Waals surface area contributed by atoms with Crippen LogP contribution in [0, 0.1) is 0 Å². The van der Waals surface area contributed by atoms with E-state index in [0.717, 1.165) is 17.7 Å². The number of fused-ring (bicyclic) bond motifs is 1. The van der Waals surface area contributed by atoms with E-state index in [1.54, 1.807) is 6.92 Å². The summed E-state index contributed by atoms with van der Waals surface area (Å²) < 4.78 is 10.9. The van der Waals surface area contributed by atoms with E-state index in [9.17, 15) is 5.11 Å². The number of aromatic nitrogens is 2. The minimum atomic E-state index is -1.04. The Hall–Kier alpha value is -1.92. The Bertz CT molecular complexity index is 584. The second-order valence-electron chi connectivity index (χ2n) is 5.34. The molecule has 0 bridgehead atoms. The van der Waals surface area contributed by atoms with E-state index in [1.165, 1.54) is 0 Å². The van der Waals surface area contributed by atoms with Crippen LogP contribution in [0.4, 0.5) is 0 Å². The van der Waals surface area contributed by atoms with Crippen molar-refractivity contribution in [1.29, 1.82) is 0 Å². The maximum absolute atomic E-state index is 9.91. The van der Waals surface area contributed by atoms with Crippen LogP contribution in [0.3, 0.4) is 0 Å². The molecule has 2 heterocycles. The molecule has 3 rings (SSSR count). The number of rotatable bonds is 4. The Balaban J connectivity index is 1.73. The Kier molecular flexibility index (Phi) is 3.19. The van der Waals surface area contributed by atoms with Crippen molar-refractivity contribution in [2.24, 2.45) is 5.73 Å². The molecule has 1 aliphatic heterocycles. The van der Waals surface area contributed by atoms with Crippen molar-refractivity contribution in [3.8, 4) is 5.75 Å². The lowest BCUT2D eigenvalue weighted by atomic mass is 10.0. The van der Waals surface area contributed by atoms with Crippen LogP contribution in [0.5, 0.6) is 5.75 Å². The number of aliphatic hydroxyl groups is 1. The lowest BCUT2D eigenvalue weighted by Crippen LogP contribution is -2.36. The van der Waals surface area contributed by atoms with E-state index < -0.39 is 5.60 Å². The fourth-order valence-corrected chi connectivity index (χ4v) is 2.19. The molecule has 2 unspecified atom stereocenters. The SMILES string of the molecule is CC(O)(CN)Cc1nc(C2Cc3ccccc3O2)no1. The van der Waals surface area contributed by atoms with E-state index in [-0.39, 0.29) is 19.1 Å². The molecule has 20 heavy (non-hydrogen) atoms. The third-order valence-corrected chi connectivity index (χ3v) is 3.39. The van der Waals surface area contributed by atoms with Crippen LogP contribution in [0.15, 0.2) is 28.8 Å². The van der Waals surface area contributed by atoms with Gasteiger partial charge in [0.25, 0.3) is 0 Å². The van der Waals surface area contributed by atoms with Gasteiger partial charge < -0.3 is 20.1 Å². The van der Waals surface area contributed by atoms with Gasteiger partial charge in [-0.2, -0.15) is 4.98 Å². The summed E-state index contributed by atoms with van der Waals surface area (Å²) in [4.78, 5) is 4.29. The van der Waals surface area contributed by atoms with Gasteiger partial charge in [0.05, 0.1) is 12.0 Å². The van der Waals surface area contributed by atoms with Crippen molar-refractivity contribution in [1.82, 2.24) is 10.1 Å². The fourth-order valence-electron chi connectivity index (χ4n) is 2.19. The Morgan fingerprint density at radius 3 is 3.00 bits per heavy atom. The molecule has 2 atom stereocenters. The normalized spacial score (nSPS) is 20.2. The number of hydrogen-bond acceptors (Lipinski definition) is 6. The molecule has 0 spiro atoms. The van der Waals surface area contributed by atoms with Gasteiger partial charge >= 0.3 is 0 Å². The van der Waals surface area contributed by atoms with Gasteiger partial charge in [-0.1, -0.05) is 23.4 Å². The van der Waals surface area contributed by atoms with Crippen molar-refractivity contribution in [2.45, 2.75) is 31.5 Å². The monoisotopic (exact) mass is 275 g/mol. The first kappa shape index (κ1) is 13.1. The van der Waals surface area contributed by atoms with Gasteiger partial charge in [-0.15, -0.1) is 0 Å². The summed E-state index contributed by atoms with van der Waals surface area (Å²) in [7, 11) is 0. The first-order valence-corrected chi connectivity index (χ1v) is 6.57. The summed E-state index contributed by atoms with van der Waals surface area (Å²) in [5, 5.41) is 13.8. The standard InChI is InChI=1S/C14H17N3O3/c1-14(18,8-15)7-12-16-13(17-20-12)11-6-9-4-2-3-5-10(9)19-11/h2-5,11,18H,6-8,15H2,1H3. The average molecular weight is 275 g/mol. The van der Waals surface area contributed by atoms with E-state index >= 15 is 0 Å². The topological polar surface area (TPSA) is 94.4 Å². The smallest absolute Gasteiger partial charge is 0.229 e. The number of benzene rings is 1. The van der Waals surface area contributed by atoms with Crippen LogP contribution >= 0.6 is 0 Å². The van der Waals surface area contributed by atoms with Crippen LogP contribution < -0.4 is 10.5 Å². The molecule has 0 aliphatic carbocycles. The molecule has 0 amide bonds. The van der Waals surface area contributed by atoms with Crippen molar-refractivity contribution >= 4 is 0 Å². The lowest BCUT2D eigenvalue weighted by Gasteiger charge is -2.17. The third-order valence-electron chi connectivity index (χ3n) is 3.39. The van der Waals surface area contributed by atoms with Crippen LogP contribution in [0.2, 0.25) is 0 Å². The third kappa shape index (κ3) is 2.52. The zero-order valence-corrected chi connectivity index (χ0v) is 11.2. The predicted octanol–water partition coefficient (Wildman–Crippen LogP) is 0.998. The summed E-state index contributed by atoms with van der Waals surface area (Å²) in [6.07, 6.45) is 0.728. The maximum Gasteiger partial charge on any atom is 0.229 e. The van der Waals surface area contributed by atoms with Crippen LogP contribution in [-0.2, 0) is 12.8 Å². The van der Waals surface area contributed by atoms with E-state index in [2.05, 4.69) is 10.1 Å². The number of nitrogens with two attached hydrogens (primary N) is 1. The molecule has 0 radical (unpaired) electrons. The highest BCUT2D eigenvalue weighted by Gasteiger charge is 2.29. The number of para-hydroxylation sites is 1. The Labute approximate surface area is 116 Å². The molecule has 1 aromatic carbocycles. The average Bonchev–Trinajstić information content (AvgIpc) is 3.04. The molecular weight excluding hydrogens is 258 g/mol. The quantitative estimate of drug-likeness (QED) is 0.864. The highest BCUT2D eigenvalue weighted by Crippen LogP contribution is 2.35. The molecule has 6 heteroatoms. The van der Waals surface area contributed by atoms with Gasteiger partial charge in [0.15, 0.2) is 6.10 Å². The Morgan fingerprint density at radius 1 is 1.45 bits per heavy atom. The molecule has 0 fully saturated rings. The largest absolute Gasteiger partial charge is 0.482 e. The van der Waals surface area contributed by atoms with Gasteiger partial charge in [-0.05, 0) is 18.6 Å². The molecule has 0 saturated carbocycles. The molecular formula is C14H17N3O3. The van der Waals surface area contributed by atoms with Crippen molar-refractivity contribution in [3.05, 3.63) is 41.5 Å². The second-order valence-corrected chi connectivity index (χ2v) is 5.34. The van der Waals surface area contributed by atoms with E-state index in [0.29, 0.717) is 11.7 Å². The minimum Gasteiger partial charge on any atom is -0.482 e. The lowest BCUT2D eigenvalue weighted by molar-refractivity contribution is 0.0610. The summed E-state index contributed by atoms with van der Waals surface area (Å²) in [6, 6.07) is 7.86. The Morgan fingerprint density at radius 2 is 2.25 bits per heavy atom. The first-order chi connectivity index (χ1) is 9.57. The summed E-state index contributed by atoms with van der Waals surface area (Å²) in [5.74, 6) is 1.73. The van der Waals surface area contributed by atoms with Gasteiger partial charge in [0.1, 0.15) is 5.75 Å². The summed E-state index contributed by atoms with van der Waals surface area (Å²) in [5.41, 5.74) is 5.57. The summed E-state index contributed by atoms with van der Waals surface area (Å²) in [6.45, 7) is 1.77. The predicted molar refractivity (Wildman–Crippen MR) is 71.2 cm³/mol. The van der Waals surface area contributed by atoms with Gasteiger partial charge in [0.2, 0.25) is 11.7 Å². The number of ether oxygens (including phenoxy) is 1. The minimum absolute atomic E-state index is 0.135. The number of hydrogen-bond donors (Lipinski definition) is 2. The van der Waals surface area contributed by atoms with Gasteiger partial charge in [-0.3, -0.25) is 0 Å². The van der Waals surface area contributed by atoms with Crippen molar-refractivity contribution in [2.75, 3.05) is 6.54 Å². The van der Waals surface area contributed by atoms with Gasteiger partial charge in [-0.25, -0.2) is 0 Å². The molecule has 2 aromatic rings. The number of nitrogens with zero attached hydrogens (tertiary/aromatic N) is 2. The summed E-state index contributed by atoms with van der Waals surface area (Å²) >= 11 is 0. The fraction of sp³-hybridized carbons (Fsp3) is 0.429. The second kappa shape index (κ2) is 4.88. The molecule has 1 aromatic heterocycles. The van der Waals surface area contributed by atoms with Crippen LogP contribution in [-0.4, -0.2) is 27.4 Å². The molecule has 3 N–H and O–H groups in total. The van der Waals surface area contributed by atoms with Crippen molar-refractivity contribution in [3.63, 3.8) is 0 Å². The zero-order chi connectivity index (χ0) is 14.2. The molecule has 1 aliphatic rings. The van der Waals surface area contributed by atoms with Crippen LogP contribution in [0.1, 0.15) is 30.3 Å². The molecule has 6 nitrogen and oxygen atoms in total. The first-order valence-electron chi connectivity index (χ1n) is 6.57. The maximum atomic E-state index is 9.91.